The number of amides is 1. The fourth-order valence-corrected chi connectivity index (χ4v) is 4.82. The molecule has 1 heterocycles. The zero-order chi connectivity index (χ0) is 19.6. The van der Waals surface area contributed by atoms with Crippen molar-refractivity contribution in [2.45, 2.75) is 25.7 Å². The molecular weight excluding hydrogens is 380 g/mol. The molecule has 0 aliphatic rings. The number of thiophene rings is 1. The van der Waals surface area contributed by atoms with Gasteiger partial charge in [0.15, 0.2) is 0 Å². The molecule has 1 amide bonds. The van der Waals surface area contributed by atoms with E-state index in [9.17, 15) is 13.2 Å². The van der Waals surface area contributed by atoms with Crippen molar-refractivity contribution >= 4 is 38.6 Å². The summed E-state index contributed by atoms with van der Waals surface area (Å²) >= 11 is 1.10. The Hall–Kier alpha value is -2.64. The molecule has 0 bridgehead atoms. The molecule has 0 unspecified atom stereocenters. The third kappa shape index (κ3) is 4.37. The summed E-state index contributed by atoms with van der Waals surface area (Å²) in [4.78, 5) is 12.9. The summed E-state index contributed by atoms with van der Waals surface area (Å²) in [5, 5.41) is 4.29. The molecule has 0 atom stereocenters. The zero-order valence-corrected chi connectivity index (χ0v) is 16.9. The van der Waals surface area contributed by atoms with Crippen LogP contribution in [0.3, 0.4) is 0 Å². The van der Waals surface area contributed by atoms with Gasteiger partial charge in [-0.1, -0.05) is 30.3 Å². The fourth-order valence-electron chi connectivity index (χ4n) is 2.53. The van der Waals surface area contributed by atoms with Crippen LogP contribution in [0.15, 0.2) is 58.8 Å². The largest absolute Gasteiger partial charge is 0.321 e. The highest BCUT2D eigenvalue weighted by atomic mass is 32.2. The summed E-state index contributed by atoms with van der Waals surface area (Å²) in [6, 6.07) is 14.4. The van der Waals surface area contributed by atoms with Crippen molar-refractivity contribution in [3.05, 3.63) is 75.5 Å². The van der Waals surface area contributed by atoms with E-state index in [2.05, 4.69) is 10.0 Å². The van der Waals surface area contributed by atoms with E-state index < -0.39 is 10.0 Å². The van der Waals surface area contributed by atoms with Crippen molar-refractivity contribution in [2.24, 2.45) is 0 Å². The molecule has 0 fully saturated rings. The van der Waals surface area contributed by atoms with Gasteiger partial charge in [0.2, 0.25) is 0 Å². The van der Waals surface area contributed by atoms with Gasteiger partial charge >= 0.3 is 0 Å². The van der Waals surface area contributed by atoms with Gasteiger partial charge in [-0.25, -0.2) is 8.42 Å². The number of sulfonamides is 1. The fraction of sp³-hybridized carbons (Fsp3) is 0.150. The first-order valence-corrected chi connectivity index (χ1v) is 10.7. The van der Waals surface area contributed by atoms with Crippen LogP contribution in [-0.2, 0) is 10.0 Å². The molecule has 0 saturated carbocycles. The Labute approximate surface area is 163 Å². The monoisotopic (exact) mass is 400 g/mol. The molecule has 2 N–H and O–H groups in total. The average Bonchev–Trinajstić information content (AvgIpc) is 3.11. The third-order valence-electron chi connectivity index (χ3n) is 4.14. The second kappa shape index (κ2) is 7.54. The van der Waals surface area contributed by atoms with Crippen molar-refractivity contribution in [1.29, 1.82) is 0 Å². The molecule has 0 aliphatic heterocycles. The standard InChI is InChI=1S/C20H20N2O3S2/c1-13-8-9-15(3)18(10-13)22-27(24,25)16-11-19(26-12-16)20(23)21-17-7-5-4-6-14(17)2/h4-12,22H,1-3H3,(H,21,23). The smallest absolute Gasteiger partial charge is 0.265 e. The Balaban J connectivity index is 1.81. The van der Waals surface area contributed by atoms with Gasteiger partial charge in [-0.15, -0.1) is 11.3 Å². The van der Waals surface area contributed by atoms with Gasteiger partial charge < -0.3 is 5.32 Å². The molecule has 0 spiro atoms. The molecule has 5 nitrogen and oxygen atoms in total. The Kier molecular flexibility index (Phi) is 5.34. The summed E-state index contributed by atoms with van der Waals surface area (Å²) in [5.41, 5.74) is 3.96. The summed E-state index contributed by atoms with van der Waals surface area (Å²) in [6.07, 6.45) is 0. The van der Waals surface area contributed by atoms with Crippen LogP contribution in [0, 0.1) is 20.8 Å². The molecule has 0 radical (unpaired) electrons. The van der Waals surface area contributed by atoms with Crippen LogP contribution in [0.5, 0.6) is 0 Å². The Morgan fingerprint density at radius 3 is 2.37 bits per heavy atom. The van der Waals surface area contributed by atoms with E-state index in [1.807, 2.05) is 51.1 Å². The summed E-state index contributed by atoms with van der Waals surface area (Å²) in [5.74, 6) is -0.331. The zero-order valence-electron chi connectivity index (χ0n) is 15.2. The number of aryl methyl sites for hydroxylation is 3. The van der Waals surface area contributed by atoms with Gasteiger partial charge in [0, 0.05) is 11.1 Å². The van der Waals surface area contributed by atoms with Crippen LogP contribution >= 0.6 is 11.3 Å². The van der Waals surface area contributed by atoms with Gasteiger partial charge in [0.25, 0.3) is 15.9 Å². The first-order valence-electron chi connectivity index (χ1n) is 8.32. The highest BCUT2D eigenvalue weighted by Crippen LogP contribution is 2.25. The number of rotatable bonds is 5. The molecule has 0 saturated heterocycles. The summed E-state index contributed by atoms with van der Waals surface area (Å²) in [7, 11) is -3.77. The van der Waals surface area contributed by atoms with Crippen LogP contribution in [-0.4, -0.2) is 14.3 Å². The number of nitrogens with one attached hydrogen (secondary N) is 2. The Morgan fingerprint density at radius 1 is 0.926 bits per heavy atom. The molecule has 1 aromatic heterocycles. The van der Waals surface area contributed by atoms with Gasteiger partial charge in [-0.3, -0.25) is 9.52 Å². The van der Waals surface area contributed by atoms with Crippen LogP contribution in [0.1, 0.15) is 26.4 Å². The quantitative estimate of drug-likeness (QED) is 0.650. The first kappa shape index (κ1) is 19.1. The summed E-state index contributed by atoms with van der Waals surface area (Å²) < 4.78 is 28.0. The Morgan fingerprint density at radius 2 is 1.63 bits per heavy atom. The van der Waals surface area contributed by atoms with Crippen molar-refractivity contribution < 1.29 is 13.2 Å². The lowest BCUT2D eigenvalue weighted by Gasteiger charge is -2.10. The molecule has 2 aromatic carbocycles. The van der Waals surface area contributed by atoms with Gasteiger partial charge in [0.1, 0.15) is 0 Å². The predicted molar refractivity (Wildman–Crippen MR) is 110 cm³/mol. The number of carbonyl (C=O) groups is 1. The molecule has 3 rings (SSSR count). The molecular formula is C20H20N2O3S2. The lowest BCUT2D eigenvalue weighted by Crippen LogP contribution is -2.14. The highest BCUT2D eigenvalue weighted by molar-refractivity contribution is 7.92. The molecule has 0 aliphatic carbocycles. The summed E-state index contributed by atoms with van der Waals surface area (Å²) in [6.45, 7) is 5.63. The van der Waals surface area contributed by atoms with Gasteiger partial charge in [0.05, 0.1) is 15.5 Å². The van der Waals surface area contributed by atoms with Crippen LogP contribution in [0.4, 0.5) is 11.4 Å². The minimum absolute atomic E-state index is 0.0725. The number of para-hydroxylation sites is 1. The van der Waals surface area contributed by atoms with E-state index in [1.165, 1.54) is 11.4 Å². The number of hydrogen-bond donors (Lipinski definition) is 2. The topological polar surface area (TPSA) is 75.3 Å². The molecule has 27 heavy (non-hydrogen) atoms. The average molecular weight is 401 g/mol. The number of hydrogen-bond acceptors (Lipinski definition) is 4. The highest BCUT2D eigenvalue weighted by Gasteiger charge is 2.20. The van der Waals surface area contributed by atoms with E-state index in [0.717, 1.165) is 28.0 Å². The lowest BCUT2D eigenvalue weighted by molar-refractivity contribution is 0.103. The van der Waals surface area contributed by atoms with Crippen LogP contribution in [0.2, 0.25) is 0 Å². The van der Waals surface area contributed by atoms with Crippen molar-refractivity contribution in [1.82, 2.24) is 0 Å². The van der Waals surface area contributed by atoms with E-state index in [1.54, 1.807) is 12.1 Å². The van der Waals surface area contributed by atoms with E-state index in [-0.39, 0.29) is 10.8 Å². The number of benzene rings is 2. The maximum absolute atomic E-state index is 12.7. The normalized spacial score (nSPS) is 11.2. The SMILES string of the molecule is Cc1ccc(C)c(NS(=O)(=O)c2csc(C(=O)Nc3ccccc3C)c2)c1. The first-order chi connectivity index (χ1) is 12.8. The number of carbonyl (C=O) groups excluding carboxylic acids is 1. The molecule has 140 valence electrons. The van der Waals surface area contributed by atoms with Crippen LogP contribution < -0.4 is 10.0 Å². The Bertz CT molecular complexity index is 1100. The maximum Gasteiger partial charge on any atom is 0.265 e. The second-order valence-electron chi connectivity index (χ2n) is 6.34. The maximum atomic E-state index is 12.7. The molecule has 3 aromatic rings. The molecule has 7 heteroatoms. The van der Waals surface area contributed by atoms with Crippen molar-refractivity contribution in [2.75, 3.05) is 10.0 Å². The minimum Gasteiger partial charge on any atom is -0.321 e. The number of anilines is 2. The minimum atomic E-state index is -3.77. The van der Waals surface area contributed by atoms with Gasteiger partial charge in [-0.2, -0.15) is 0 Å². The predicted octanol–water partition coefficient (Wildman–Crippen LogP) is 4.73. The third-order valence-corrected chi connectivity index (χ3v) is 6.56. The van der Waals surface area contributed by atoms with Crippen molar-refractivity contribution in [3.63, 3.8) is 0 Å². The van der Waals surface area contributed by atoms with Crippen LogP contribution in [0.25, 0.3) is 0 Å². The van der Waals surface area contributed by atoms with Gasteiger partial charge in [-0.05, 0) is 55.7 Å². The second-order valence-corrected chi connectivity index (χ2v) is 8.93. The van der Waals surface area contributed by atoms with Crippen molar-refractivity contribution in [3.8, 4) is 0 Å². The lowest BCUT2D eigenvalue weighted by atomic mass is 10.1. The van der Waals surface area contributed by atoms with E-state index in [0.29, 0.717) is 16.3 Å². The van der Waals surface area contributed by atoms with E-state index in [4.69, 9.17) is 0 Å². The van der Waals surface area contributed by atoms with E-state index >= 15 is 0 Å².